The highest BCUT2D eigenvalue weighted by Gasteiger charge is 2.04. The first-order valence-corrected chi connectivity index (χ1v) is 8.07. The lowest BCUT2D eigenvalue weighted by Crippen LogP contribution is -2.05. The predicted molar refractivity (Wildman–Crippen MR) is 101 cm³/mol. The number of hydrogen-bond donors (Lipinski definition) is 3. The Morgan fingerprint density at radius 3 is 2.38 bits per heavy atom. The van der Waals surface area contributed by atoms with Crippen LogP contribution in [0.2, 0.25) is 5.02 Å². The van der Waals surface area contributed by atoms with Gasteiger partial charge in [0.25, 0.3) is 0 Å². The molecule has 0 aliphatic heterocycles. The summed E-state index contributed by atoms with van der Waals surface area (Å²) in [5.41, 5.74) is 2.08. The minimum atomic E-state index is -0.482. The van der Waals surface area contributed by atoms with Crippen LogP contribution in [0, 0.1) is 5.82 Å². The second-order valence-electron chi connectivity index (χ2n) is 5.40. The number of carbonyl (C=O) groups is 1. The van der Waals surface area contributed by atoms with E-state index in [4.69, 9.17) is 11.6 Å². The number of carbonyl (C=O) groups excluding carboxylic acids is 1. The van der Waals surface area contributed by atoms with Gasteiger partial charge in [0.05, 0.1) is 5.02 Å². The van der Waals surface area contributed by atoms with Crippen molar-refractivity contribution in [3.8, 4) is 0 Å². The molecule has 0 aliphatic carbocycles. The van der Waals surface area contributed by atoms with Gasteiger partial charge < -0.3 is 16.0 Å². The van der Waals surface area contributed by atoms with Crippen molar-refractivity contribution in [1.82, 2.24) is 9.97 Å². The maximum atomic E-state index is 13.2. The zero-order valence-corrected chi connectivity index (χ0v) is 14.5. The monoisotopic (exact) mass is 371 g/mol. The first-order valence-electron chi connectivity index (χ1n) is 7.69. The lowest BCUT2D eigenvalue weighted by Gasteiger charge is -2.09. The van der Waals surface area contributed by atoms with Gasteiger partial charge in [-0.25, -0.2) is 9.37 Å². The molecular weight excluding hydrogens is 357 g/mol. The second kappa shape index (κ2) is 7.79. The molecule has 0 spiro atoms. The van der Waals surface area contributed by atoms with E-state index in [0.29, 0.717) is 23.1 Å². The van der Waals surface area contributed by atoms with E-state index in [1.165, 1.54) is 19.1 Å². The standard InChI is InChI=1S/C18H15ClFN5O/c1-11(26)22-12-2-4-13(5-3-12)24-18-21-9-8-17(25-18)23-14-6-7-16(20)15(19)10-14/h2-10H,1H3,(H,22,26)(H2,21,23,24,25). The lowest BCUT2D eigenvalue weighted by molar-refractivity contribution is -0.114. The van der Waals surface area contributed by atoms with Gasteiger partial charge in [0, 0.05) is 30.2 Å². The molecule has 8 heteroatoms. The molecule has 0 atom stereocenters. The molecule has 0 fully saturated rings. The summed E-state index contributed by atoms with van der Waals surface area (Å²) in [4.78, 5) is 19.5. The molecule has 2 aromatic carbocycles. The SMILES string of the molecule is CC(=O)Nc1ccc(Nc2nccc(Nc3ccc(F)c(Cl)c3)n2)cc1. The molecule has 26 heavy (non-hydrogen) atoms. The first-order chi connectivity index (χ1) is 12.5. The number of nitrogens with one attached hydrogen (secondary N) is 3. The fourth-order valence-corrected chi connectivity index (χ4v) is 2.36. The molecule has 0 bridgehead atoms. The Morgan fingerprint density at radius 1 is 1.00 bits per heavy atom. The highest BCUT2D eigenvalue weighted by atomic mass is 35.5. The second-order valence-corrected chi connectivity index (χ2v) is 5.81. The zero-order valence-electron chi connectivity index (χ0n) is 13.8. The highest BCUT2D eigenvalue weighted by molar-refractivity contribution is 6.31. The molecule has 3 rings (SSSR count). The fraction of sp³-hybridized carbons (Fsp3) is 0.0556. The Balaban J connectivity index is 1.70. The topological polar surface area (TPSA) is 78.9 Å². The van der Waals surface area contributed by atoms with Crippen molar-refractivity contribution in [3.63, 3.8) is 0 Å². The van der Waals surface area contributed by atoms with Crippen molar-refractivity contribution < 1.29 is 9.18 Å². The third-order valence-electron chi connectivity index (χ3n) is 3.31. The molecule has 0 saturated heterocycles. The largest absolute Gasteiger partial charge is 0.340 e. The van der Waals surface area contributed by atoms with Crippen LogP contribution in [-0.4, -0.2) is 15.9 Å². The van der Waals surface area contributed by atoms with E-state index >= 15 is 0 Å². The smallest absolute Gasteiger partial charge is 0.229 e. The van der Waals surface area contributed by atoms with Gasteiger partial charge in [-0.1, -0.05) is 11.6 Å². The number of halogens is 2. The van der Waals surface area contributed by atoms with Crippen LogP contribution >= 0.6 is 11.6 Å². The average Bonchev–Trinajstić information content (AvgIpc) is 2.60. The number of amides is 1. The molecule has 0 aliphatic rings. The first kappa shape index (κ1) is 17.6. The maximum Gasteiger partial charge on any atom is 0.229 e. The predicted octanol–water partition coefficient (Wildman–Crippen LogP) is 4.71. The van der Waals surface area contributed by atoms with Gasteiger partial charge >= 0.3 is 0 Å². The summed E-state index contributed by atoms with van der Waals surface area (Å²) in [6.07, 6.45) is 1.59. The maximum absolute atomic E-state index is 13.2. The van der Waals surface area contributed by atoms with Crippen LogP contribution in [0.4, 0.5) is 33.2 Å². The summed E-state index contributed by atoms with van der Waals surface area (Å²) < 4.78 is 13.2. The number of aromatic nitrogens is 2. The van der Waals surface area contributed by atoms with E-state index in [-0.39, 0.29) is 10.9 Å². The van der Waals surface area contributed by atoms with Crippen molar-refractivity contribution >= 4 is 46.3 Å². The van der Waals surface area contributed by atoms with Crippen molar-refractivity contribution in [2.45, 2.75) is 6.92 Å². The van der Waals surface area contributed by atoms with Gasteiger partial charge in [-0.15, -0.1) is 0 Å². The quantitative estimate of drug-likeness (QED) is 0.605. The van der Waals surface area contributed by atoms with E-state index < -0.39 is 5.82 Å². The minimum absolute atomic E-state index is 0.0293. The molecule has 3 aromatic rings. The van der Waals surface area contributed by atoms with Crippen LogP contribution in [0.1, 0.15) is 6.92 Å². The van der Waals surface area contributed by atoms with Gasteiger partial charge in [-0.05, 0) is 48.5 Å². The Labute approximate surface area is 154 Å². The van der Waals surface area contributed by atoms with Gasteiger partial charge in [-0.2, -0.15) is 4.98 Å². The summed E-state index contributed by atoms with van der Waals surface area (Å²) in [7, 11) is 0. The number of nitrogens with zero attached hydrogens (tertiary/aromatic N) is 2. The minimum Gasteiger partial charge on any atom is -0.340 e. The molecule has 1 amide bonds. The molecule has 3 N–H and O–H groups in total. The van der Waals surface area contributed by atoms with Gasteiger partial charge in [0.1, 0.15) is 11.6 Å². The van der Waals surface area contributed by atoms with Crippen molar-refractivity contribution in [3.05, 3.63) is 65.6 Å². The average molecular weight is 372 g/mol. The van der Waals surface area contributed by atoms with Crippen LogP contribution in [0.3, 0.4) is 0 Å². The Kier molecular flexibility index (Phi) is 5.28. The normalized spacial score (nSPS) is 10.3. The van der Waals surface area contributed by atoms with E-state index in [2.05, 4.69) is 25.9 Å². The molecule has 1 heterocycles. The van der Waals surface area contributed by atoms with E-state index in [1.54, 1.807) is 42.6 Å². The molecule has 1 aromatic heterocycles. The molecule has 0 radical (unpaired) electrons. The Bertz CT molecular complexity index is 933. The molecule has 0 saturated carbocycles. The van der Waals surface area contributed by atoms with Gasteiger partial charge in [0.15, 0.2) is 0 Å². The summed E-state index contributed by atoms with van der Waals surface area (Å²) in [6.45, 7) is 1.45. The van der Waals surface area contributed by atoms with Crippen LogP contribution in [0.25, 0.3) is 0 Å². The van der Waals surface area contributed by atoms with Gasteiger partial charge in [-0.3, -0.25) is 4.79 Å². The zero-order chi connectivity index (χ0) is 18.5. The van der Waals surface area contributed by atoms with Crippen molar-refractivity contribution in [1.29, 1.82) is 0 Å². The van der Waals surface area contributed by atoms with E-state index in [9.17, 15) is 9.18 Å². The summed E-state index contributed by atoms with van der Waals surface area (Å²) in [5.74, 6) is 0.300. The number of anilines is 5. The Hall–Kier alpha value is -3.19. The summed E-state index contributed by atoms with van der Waals surface area (Å²) >= 11 is 5.78. The molecule has 6 nitrogen and oxygen atoms in total. The van der Waals surface area contributed by atoms with Gasteiger partial charge in [0.2, 0.25) is 11.9 Å². The van der Waals surface area contributed by atoms with Crippen LogP contribution in [-0.2, 0) is 4.79 Å². The van der Waals surface area contributed by atoms with Crippen LogP contribution in [0.15, 0.2) is 54.7 Å². The van der Waals surface area contributed by atoms with E-state index in [0.717, 1.165) is 5.69 Å². The van der Waals surface area contributed by atoms with Crippen LogP contribution < -0.4 is 16.0 Å². The fourth-order valence-electron chi connectivity index (χ4n) is 2.18. The third-order valence-corrected chi connectivity index (χ3v) is 3.60. The van der Waals surface area contributed by atoms with Crippen molar-refractivity contribution in [2.75, 3.05) is 16.0 Å². The van der Waals surface area contributed by atoms with E-state index in [1.807, 2.05) is 0 Å². The molecular formula is C18H15ClFN5O. The van der Waals surface area contributed by atoms with Crippen LogP contribution in [0.5, 0.6) is 0 Å². The highest BCUT2D eigenvalue weighted by Crippen LogP contribution is 2.23. The summed E-state index contributed by atoms with van der Waals surface area (Å²) in [6, 6.07) is 13.1. The number of rotatable bonds is 5. The molecule has 0 unspecified atom stereocenters. The lowest BCUT2D eigenvalue weighted by atomic mass is 10.3. The summed E-state index contributed by atoms with van der Waals surface area (Å²) in [5, 5.41) is 8.83. The number of benzene rings is 2. The Morgan fingerprint density at radius 2 is 1.69 bits per heavy atom. The van der Waals surface area contributed by atoms with Crippen molar-refractivity contribution in [2.24, 2.45) is 0 Å². The number of hydrogen-bond acceptors (Lipinski definition) is 5. The third kappa shape index (κ3) is 4.67. The molecule has 132 valence electrons.